The maximum Gasteiger partial charge on any atom is 0.244 e. The molecule has 29 heavy (non-hydrogen) atoms. The van der Waals surface area contributed by atoms with Gasteiger partial charge in [-0.3, -0.25) is 4.90 Å². The number of hydrogen-bond acceptors (Lipinski definition) is 7. The van der Waals surface area contributed by atoms with Gasteiger partial charge in [0.25, 0.3) is 0 Å². The summed E-state index contributed by atoms with van der Waals surface area (Å²) in [4.78, 5) is 11.1. The third kappa shape index (κ3) is 4.60. The van der Waals surface area contributed by atoms with E-state index in [1.165, 1.54) is 6.07 Å². The Morgan fingerprint density at radius 1 is 1.31 bits per heavy atom. The number of hydrogen-bond donors (Lipinski definition) is 1. The lowest BCUT2D eigenvalue weighted by molar-refractivity contribution is 0.199. The first-order valence-electron chi connectivity index (χ1n) is 9.75. The van der Waals surface area contributed by atoms with Crippen LogP contribution in [0.1, 0.15) is 30.3 Å². The lowest BCUT2D eigenvalue weighted by Crippen LogP contribution is -2.23. The molecule has 1 aromatic carbocycles. The van der Waals surface area contributed by atoms with Gasteiger partial charge in [0.05, 0.1) is 12.6 Å². The van der Waals surface area contributed by atoms with Crippen LogP contribution in [-0.2, 0) is 11.3 Å². The quantitative estimate of drug-likeness (QED) is 0.581. The number of anilines is 1. The van der Waals surface area contributed by atoms with Crippen LogP contribution in [0.15, 0.2) is 47.1 Å². The lowest BCUT2D eigenvalue weighted by atomic mass is 10.1. The van der Waals surface area contributed by atoms with E-state index >= 15 is 0 Å². The van der Waals surface area contributed by atoms with E-state index in [0.29, 0.717) is 37.0 Å². The van der Waals surface area contributed by atoms with Crippen molar-refractivity contribution in [1.29, 1.82) is 0 Å². The second-order valence-electron chi connectivity index (χ2n) is 7.03. The van der Waals surface area contributed by atoms with Crippen molar-refractivity contribution < 1.29 is 13.7 Å². The van der Waals surface area contributed by atoms with Crippen molar-refractivity contribution in [3.63, 3.8) is 0 Å². The van der Waals surface area contributed by atoms with Gasteiger partial charge in [0.1, 0.15) is 11.6 Å². The molecule has 3 aromatic rings. The molecule has 152 valence electrons. The molecule has 1 aliphatic heterocycles. The number of likely N-dealkylation sites (tertiary alicyclic amines) is 1. The fraction of sp³-hybridized carbons (Fsp3) is 0.381. The largest absolute Gasteiger partial charge is 0.383 e. The Morgan fingerprint density at radius 2 is 2.21 bits per heavy atom. The lowest BCUT2D eigenvalue weighted by Gasteiger charge is -2.21. The van der Waals surface area contributed by atoms with E-state index in [1.54, 1.807) is 19.4 Å². The molecule has 7 nitrogen and oxygen atoms in total. The monoisotopic (exact) mass is 397 g/mol. The summed E-state index contributed by atoms with van der Waals surface area (Å²) in [6.07, 6.45) is 3.64. The molecule has 0 bridgehead atoms. The normalized spacial score (nSPS) is 17.0. The van der Waals surface area contributed by atoms with Crippen LogP contribution in [0.2, 0.25) is 0 Å². The highest BCUT2D eigenvalue weighted by molar-refractivity contribution is 5.58. The molecule has 0 radical (unpaired) electrons. The van der Waals surface area contributed by atoms with Crippen molar-refractivity contribution in [2.24, 2.45) is 0 Å². The molecule has 2 aromatic heterocycles. The van der Waals surface area contributed by atoms with Crippen molar-refractivity contribution in [3.05, 3.63) is 59.9 Å². The Labute approximate surface area is 168 Å². The predicted octanol–water partition coefficient (Wildman–Crippen LogP) is 3.67. The van der Waals surface area contributed by atoms with Gasteiger partial charge < -0.3 is 14.6 Å². The summed E-state index contributed by atoms with van der Waals surface area (Å²) in [6, 6.07) is 10.6. The Hall–Kier alpha value is -2.84. The number of ether oxygens (including phenoxy) is 1. The fourth-order valence-corrected chi connectivity index (χ4v) is 3.58. The number of halogens is 1. The molecule has 1 aliphatic rings. The minimum absolute atomic E-state index is 0.00279. The van der Waals surface area contributed by atoms with E-state index in [2.05, 4.69) is 25.3 Å². The Balaban J connectivity index is 1.48. The molecule has 1 atom stereocenters. The standard InChI is InChI=1S/C21H24FN5O2/c1-28-12-10-24-19-13-15(8-9-23-19)20-25-21(29-26-20)18-7-4-11-27(18)14-16-5-2-3-6-17(16)22/h2-3,5-6,8-9,13,18H,4,7,10-12,14H2,1H3,(H,23,24). The SMILES string of the molecule is COCCNc1cc(-c2noc(C3CCCN3Cc3ccccc3F)n2)ccn1. The second-order valence-corrected chi connectivity index (χ2v) is 7.03. The second kappa shape index (κ2) is 9.11. The third-order valence-electron chi connectivity index (χ3n) is 5.05. The smallest absolute Gasteiger partial charge is 0.244 e. The predicted molar refractivity (Wildman–Crippen MR) is 107 cm³/mol. The zero-order valence-electron chi connectivity index (χ0n) is 16.3. The minimum Gasteiger partial charge on any atom is -0.383 e. The zero-order valence-corrected chi connectivity index (χ0v) is 16.3. The molecule has 0 amide bonds. The molecule has 4 rings (SSSR count). The third-order valence-corrected chi connectivity index (χ3v) is 5.05. The van der Waals surface area contributed by atoms with Crippen LogP contribution in [0.3, 0.4) is 0 Å². The van der Waals surface area contributed by atoms with E-state index in [0.717, 1.165) is 30.8 Å². The number of methoxy groups -OCH3 is 1. The molecule has 3 heterocycles. The number of nitrogens with zero attached hydrogens (tertiary/aromatic N) is 4. The maximum atomic E-state index is 14.0. The van der Waals surface area contributed by atoms with E-state index < -0.39 is 0 Å². The van der Waals surface area contributed by atoms with Crippen molar-refractivity contribution in [3.8, 4) is 11.4 Å². The number of pyridine rings is 1. The summed E-state index contributed by atoms with van der Waals surface area (Å²) >= 11 is 0. The summed E-state index contributed by atoms with van der Waals surface area (Å²) < 4.78 is 24.7. The van der Waals surface area contributed by atoms with Crippen molar-refractivity contribution in [2.45, 2.75) is 25.4 Å². The average molecular weight is 397 g/mol. The number of benzene rings is 1. The van der Waals surface area contributed by atoms with Gasteiger partial charge in [-0.25, -0.2) is 9.37 Å². The minimum atomic E-state index is -0.186. The summed E-state index contributed by atoms with van der Waals surface area (Å²) in [5, 5.41) is 7.35. The summed E-state index contributed by atoms with van der Waals surface area (Å²) in [6.45, 7) is 2.66. The summed E-state index contributed by atoms with van der Waals surface area (Å²) in [5.41, 5.74) is 1.51. The summed E-state index contributed by atoms with van der Waals surface area (Å²) in [5.74, 6) is 1.64. The highest BCUT2D eigenvalue weighted by Gasteiger charge is 2.31. The van der Waals surface area contributed by atoms with E-state index in [4.69, 9.17) is 9.26 Å². The van der Waals surface area contributed by atoms with Crippen LogP contribution in [0.5, 0.6) is 0 Å². The first kappa shape index (κ1) is 19.5. The van der Waals surface area contributed by atoms with Gasteiger partial charge in [-0.05, 0) is 37.6 Å². The summed E-state index contributed by atoms with van der Waals surface area (Å²) in [7, 11) is 1.66. The fourth-order valence-electron chi connectivity index (χ4n) is 3.58. The van der Waals surface area contributed by atoms with Gasteiger partial charge in [0.2, 0.25) is 11.7 Å². The van der Waals surface area contributed by atoms with Gasteiger partial charge >= 0.3 is 0 Å². The van der Waals surface area contributed by atoms with Crippen LogP contribution in [0.4, 0.5) is 10.2 Å². The number of nitrogens with one attached hydrogen (secondary N) is 1. The molecule has 0 saturated carbocycles. The van der Waals surface area contributed by atoms with Crippen molar-refractivity contribution in [1.82, 2.24) is 20.0 Å². The van der Waals surface area contributed by atoms with Gasteiger partial charge in [0.15, 0.2) is 0 Å². The highest BCUT2D eigenvalue weighted by atomic mass is 19.1. The Kier molecular flexibility index (Phi) is 6.12. The molecular weight excluding hydrogens is 373 g/mol. The average Bonchev–Trinajstić information content (AvgIpc) is 3.40. The molecule has 1 unspecified atom stereocenters. The molecule has 1 saturated heterocycles. The van der Waals surface area contributed by atoms with Gasteiger partial charge in [-0.15, -0.1) is 0 Å². The molecule has 0 aliphatic carbocycles. The Morgan fingerprint density at radius 3 is 3.07 bits per heavy atom. The maximum absolute atomic E-state index is 14.0. The highest BCUT2D eigenvalue weighted by Crippen LogP contribution is 2.33. The number of rotatable bonds is 8. The Bertz CT molecular complexity index is 948. The first-order valence-corrected chi connectivity index (χ1v) is 9.75. The van der Waals surface area contributed by atoms with Crippen molar-refractivity contribution in [2.75, 3.05) is 32.1 Å². The van der Waals surface area contributed by atoms with Crippen LogP contribution >= 0.6 is 0 Å². The molecular formula is C21H24FN5O2. The van der Waals surface area contributed by atoms with Crippen molar-refractivity contribution >= 4 is 5.82 Å². The van der Waals surface area contributed by atoms with Gasteiger partial charge in [0, 0.05) is 37.5 Å². The molecule has 1 fully saturated rings. The number of aromatic nitrogens is 3. The van der Waals surface area contributed by atoms with Gasteiger partial charge in [-0.2, -0.15) is 4.98 Å². The van der Waals surface area contributed by atoms with Crippen LogP contribution < -0.4 is 5.32 Å². The van der Waals surface area contributed by atoms with E-state index in [1.807, 2.05) is 24.3 Å². The first-order chi connectivity index (χ1) is 14.2. The zero-order chi connectivity index (χ0) is 20.1. The van der Waals surface area contributed by atoms with E-state index in [9.17, 15) is 4.39 Å². The van der Waals surface area contributed by atoms with Crippen LogP contribution in [0, 0.1) is 5.82 Å². The molecule has 0 spiro atoms. The molecule has 1 N–H and O–H groups in total. The van der Waals surface area contributed by atoms with E-state index in [-0.39, 0.29) is 11.9 Å². The molecule has 8 heteroatoms. The van der Waals surface area contributed by atoms with Gasteiger partial charge in [-0.1, -0.05) is 23.4 Å². The van der Waals surface area contributed by atoms with Crippen LogP contribution in [-0.4, -0.2) is 46.8 Å². The van der Waals surface area contributed by atoms with Crippen LogP contribution in [0.25, 0.3) is 11.4 Å². The topological polar surface area (TPSA) is 76.3 Å².